The van der Waals surface area contributed by atoms with Crippen molar-refractivity contribution in [2.45, 2.75) is 20.3 Å². The monoisotopic (exact) mass is 282 g/mol. The molecule has 0 saturated carbocycles. The third-order valence-corrected chi connectivity index (χ3v) is 3.39. The van der Waals surface area contributed by atoms with E-state index >= 15 is 0 Å². The number of thiocarbonyl (C=S) groups is 1. The first-order chi connectivity index (χ1) is 7.42. The summed E-state index contributed by atoms with van der Waals surface area (Å²) in [5, 5.41) is 6.17. The van der Waals surface area contributed by atoms with Crippen molar-refractivity contribution in [3.63, 3.8) is 0 Å². The number of rotatable bonds is 4. The van der Waals surface area contributed by atoms with Crippen LogP contribution in [0.2, 0.25) is 0 Å². The molecule has 0 radical (unpaired) electrons. The first-order valence-electron chi connectivity index (χ1n) is 5.03. The summed E-state index contributed by atoms with van der Waals surface area (Å²) in [6.07, 6.45) is 2.38. The van der Waals surface area contributed by atoms with Crippen LogP contribution in [0.5, 0.6) is 0 Å². The molecule has 17 heavy (non-hydrogen) atoms. The van der Waals surface area contributed by atoms with E-state index in [0.717, 1.165) is 0 Å². The van der Waals surface area contributed by atoms with Crippen LogP contribution in [0.15, 0.2) is 0 Å². The molecule has 4 nitrogen and oxygen atoms in total. The summed E-state index contributed by atoms with van der Waals surface area (Å²) in [6.45, 7) is 3.96. The van der Waals surface area contributed by atoms with Crippen LogP contribution in [0.1, 0.15) is 20.3 Å². The van der Waals surface area contributed by atoms with Crippen LogP contribution in [-0.2, 0) is 9.59 Å². The third-order valence-electron chi connectivity index (χ3n) is 2.42. The Hall–Kier alpha value is 0.380. The van der Waals surface area contributed by atoms with Gasteiger partial charge in [0.1, 0.15) is 0 Å². The molecule has 1 N–H and O–H groups in total. The molecule has 90 valence electrons. The zero-order chi connectivity index (χ0) is 12.3. The van der Waals surface area contributed by atoms with Gasteiger partial charge in [-0.2, -0.15) is 11.8 Å². The fraction of sp³-hybridized carbons (Fsp3) is 0.700. The Morgan fingerprint density at radius 3 is 2.47 bits per heavy atom. The van der Waals surface area contributed by atoms with E-state index in [9.17, 15) is 9.59 Å². The number of nitrogens with zero attached hydrogens (tertiary/aromatic N) is 1. The zero-order valence-corrected chi connectivity index (χ0v) is 14.2. The van der Waals surface area contributed by atoms with Gasteiger partial charge < -0.3 is 10.6 Å². The molecule has 0 aromatic heterocycles. The topological polar surface area (TPSA) is 60.3 Å². The number of hydrogen-bond donors (Lipinski definition) is 1. The van der Waals surface area contributed by atoms with Gasteiger partial charge in [-0.25, -0.2) is 0 Å². The average molecular weight is 282 g/mol. The molecule has 0 spiro atoms. The molecular weight excluding hydrogens is 267 g/mol. The van der Waals surface area contributed by atoms with Gasteiger partial charge in [0.2, 0.25) is 0 Å². The second-order valence-corrected chi connectivity index (χ2v) is 5.54. The molecule has 0 aromatic carbocycles. The molecule has 1 atom stereocenters. The van der Waals surface area contributed by atoms with E-state index in [-0.39, 0.29) is 46.5 Å². The molecule has 1 rings (SSSR count). The molecule has 0 aliphatic carbocycles. The van der Waals surface area contributed by atoms with Gasteiger partial charge in [0.15, 0.2) is 11.8 Å². The van der Waals surface area contributed by atoms with Crippen molar-refractivity contribution < 1.29 is 39.1 Å². The molecule has 1 aliphatic rings. The van der Waals surface area contributed by atoms with E-state index in [4.69, 9.17) is 12.2 Å². The Labute approximate surface area is 133 Å². The minimum atomic E-state index is -1.03. The number of thioether (sulfide) groups is 1. The maximum Gasteiger partial charge on any atom is 1.00 e. The van der Waals surface area contributed by atoms with Gasteiger partial charge >= 0.3 is 29.6 Å². The van der Waals surface area contributed by atoms with Crippen LogP contribution >= 0.6 is 24.0 Å². The predicted octanol–water partition coefficient (Wildman–Crippen LogP) is -1.30. The summed E-state index contributed by atoms with van der Waals surface area (Å²) >= 11 is 6.21. The fourth-order valence-electron chi connectivity index (χ4n) is 1.85. The van der Waals surface area contributed by atoms with E-state index in [2.05, 4.69) is 10.6 Å². The van der Waals surface area contributed by atoms with Crippen LogP contribution in [-0.4, -0.2) is 28.9 Å². The second kappa shape index (κ2) is 7.09. The van der Waals surface area contributed by atoms with Gasteiger partial charge in [-0.05, 0) is 18.6 Å². The zero-order valence-electron chi connectivity index (χ0n) is 10.6. The smallest absolute Gasteiger partial charge is 0.418 e. The molecule has 1 saturated heterocycles. The maximum absolute atomic E-state index is 12.0. The quantitative estimate of drug-likeness (QED) is 0.396. The molecule has 1 fully saturated rings. The van der Waals surface area contributed by atoms with Gasteiger partial charge in [-0.15, -0.1) is 0 Å². The van der Waals surface area contributed by atoms with E-state index < -0.39 is 11.3 Å². The Morgan fingerprint density at radius 1 is 1.47 bits per heavy atom. The van der Waals surface area contributed by atoms with E-state index in [1.165, 1.54) is 11.8 Å². The largest absolute Gasteiger partial charge is 1.00 e. The van der Waals surface area contributed by atoms with Gasteiger partial charge in [-0.1, -0.05) is 26.1 Å². The van der Waals surface area contributed by atoms with E-state index in [0.29, 0.717) is 12.2 Å². The normalized spacial score (nSPS) is 24.1. The maximum atomic E-state index is 12.0. The van der Waals surface area contributed by atoms with E-state index in [1.807, 2.05) is 20.1 Å². The molecule has 1 heterocycles. The number of carbonyl (C=O) groups excluding carboxylic acids is 2. The molecule has 2 amide bonds. The molecule has 1 aliphatic heterocycles. The van der Waals surface area contributed by atoms with Crippen molar-refractivity contribution in [2.24, 2.45) is 11.3 Å². The van der Waals surface area contributed by atoms with Crippen molar-refractivity contribution in [2.75, 3.05) is 12.0 Å². The first-order valence-corrected chi connectivity index (χ1v) is 6.83. The molecule has 1 unspecified atom stereocenters. The van der Waals surface area contributed by atoms with Gasteiger partial charge in [0, 0.05) is 10.9 Å². The Bertz CT molecular complexity index is 314. The summed E-state index contributed by atoms with van der Waals surface area (Å²) in [5.74, 6) is -0.00401. The van der Waals surface area contributed by atoms with Gasteiger partial charge in [-0.3, -0.25) is 9.59 Å². The second-order valence-electron chi connectivity index (χ2n) is 4.29. The molecular formula is C10H15N2NaO2S2. The minimum absolute atomic E-state index is 0. The standard InChI is InChI=1S/C10H16N2O2S2.Na/c1-6(2)4-10(5-16-3)7(13)11-9(15)12-8(10)14;/h6H,4-5H2,1-3H3,(H2,11,12,13,14,15);/q;+1/p-1. The van der Waals surface area contributed by atoms with Crippen LogP contribution in [0.3, 0.4) is 0 Å². The van der Waals surface area contributed by atoms with Crippen molar-refractivity contribution in [1.82, 2.24) is 5.32 Å². The average Bonchev–Trinajstić information content (AvgIpc) is 2.13. The van der Waals surface area contributed by atoms with Crippen LogP contribution in [0.25, 0.3) is 5.32 Å². The summed E-state index contributed by atoms with van der Waals surface area (Å²) in [6, 6.07) is 0. The van der Waals surface area contributed by atoms with Crippen LogP contribution < -0.4 is 34.9 Å². The SMILES string of the molecule is CSCC1(CC(C)C)C(=O)[N-]C(=S)NC1=O.[Na+]. The van der Waals surface area contributed by atoms with Crippen LogP contribution in [0, 0.1) is 11.3 Å². The van der Waals surface area contributed by atoms with Crippen molar-refractivity contribution >= 4 is 40.9 Å². The molecule has 7 heteroatoms. The summed E-state index contributed by atoms with van der Waals surface area (Å²) in [4.78, 5) is 23.9. The number of hydrogen-bond acceptors (Lipinski definition) is 4. The van der Waals surface area contributed by atoms with Gasteiger partial charge in [0.05, 0.1) is 5.41 Å². The van der Waals surface area contributed by atoms with E-state index in [1.54, 1.807) is 0 Å². The Morgan fingerprint density at radius 2 is 2.06 bits per heavy atom. The predicted molar refractivity (Wildman–Crippen MR) is 69.4 cm³/mol. The number of amides is 2. The van der Waals surface area contributed by atoms with Crippen molar-refractivity contribution in [3.8, 4) is 0 Å². The third kappa shape index (κ3) is 3.92. The number of carbonyl (C=O) groups is 2. The minimum Gasteiger partial charge on any atom is -0.418 e. The summed E-state index contributed by atoms with van der Waals surface area (Å²) < 4.78 is 0. The van der Waals surface area contributed by atoms with Crippen molar-refractivity contribution in [1.29, 1.82) is 0 Å². The molecule has 0 bridgehead atoms. The van der Waals surface area contributed by atoms with Gasteiger partial charge in [0.25, 0.3) is 0 Å². The van der Waals surface area contributed by atoms with Crippen molar-refractivity contribution in [3.05, 3.63) is 5.32 Å². The summed E-state index contributed by atoms with van der Waals surface area (Å²) in [7, 11) is 0. The summed E-state index contributed by atoms with van der Waals surface area (Å²) in [5.41, 5.74) is -1.03. The Kier molecular flexibility index (Phi) is 7.25. The molecule has 0 aromatic rings. The first kappa shape index (κ1) is 17.4. The number of nitrogens with one attached hydrogen (secondary N) is 1. The van der Waals surface area contributed by atoms with Crippen LogP contribution in [0.4, 0.5) is 0 Å². The fourth-order valence-corrected chi connectivity index (χ4v) is 2.89. The Balaban J connectivity index is 0.00000256.